The predicted octanol–water partition coefficient (Wildman–Crippen LogP) is 4.55. The van der Waals surface area contributed by atoms with E-state index in [1.807, 2.05) is 0 Å². The van der Waals surface area contributed by atoms with Gasteiger partial charge in [0.25, 0.3) is 0 Å². The smallest absolute Gasteiger partial charge is 0.00810 e. The van der Waals surface area contributed by atoms with Crippen LogP contribution in [0.2, 0.25) is 0 Å². The highest BCUT2D eigenvalue weighted by Gasteiger charge is 2.37. The molecule has 0 radical (unpaired) electrons. The molecule has 0 saturated heterocycles. The Morgan fingerprint density at radius 1 is 1.29 bits per heavy atom. The van der Waals surface area contributed by atoms with E-state index in [-0.39, 0.29) is 0 Å². The van der Waals surface area contributed by atoms with Crippen molar-refractivity contribution < 1.29 is 0 Å². The van der Waals surface area contributed by atoms with Crippen LogP contribution in [0.15, 0.2) is 24.3 Å². The molecule has 21 heavy (non-hydrogen) atoms. The normalized spacial score (nSPS) is 24.8. The van der Waals surface area contributed by atoms with Crippen LogP contribution in [0.3, 0.4) is 0 Å². The first-order valence-corrected chi connectivity index (χ1v) is 9.89. The topological polar surface area (TPSA) is 12.0 Å². The molecule has 2 heteroatoms. The Morgan fingerprint density at radius 2 is 2.14 bits per heavy atom. The van der Waals surface area contributed by atoms with Crippen molar-refractivity contribution in [3.63, 3.8) is 0 Å². The van der Waals surface area contributed by atoms with Crippen molar-refractivity contribution in [3.8, 4) is 0 Å². The number of thioether (sulfide) groups is 1. The number of hydrogen-bond acceptors (Lipinski definition) is 2. The fraction of sp³-hybridized carbons (Fsp3) is 0.684. The molecule has 2 aliphatic rings. The van der Waals surface area contributed by atoms with Gasteiger partial charge in [-0.1, -0.05) is 31.2 Å². The molecule has 2 aliphatic carbocycles. The quantitative estimate of drug-likeness (QED) is 0.707. The number of nitrogens with one attached hydrogen (secondary N) is 1. The molecular formula is C19H29NS. The second-order valence-electron chi connectivity index (χ2n) is 6.75. The van der Waals surface area contributed by atoms with Crippen LogP contribution in [0.1, 0.15) is 56.6 Å². The minimum Gasteiger partial charge on any atom is -0.313 e. The van der Waals surface area contributed by atoms with E-state index in [9.17, 15) is 0 Å². The summed E-state index contributed by atoms with van der Waals surface area (Å²) in [6.45, 7) is 3.47. The maximum absolute atomic E-state index is 3.84. The van der Waals surface area contributed by atoms with Crippen LogP contribution in [0.4, 0.5) is 0 Å². The van der Waals surface area contributed by atoms with Gasteiger partial charge >= 0.3 is 0 Å². The summed E-state index contributed by atoms with van der Waals surface area (Å²) in [5.41, 5.74) is 3.68. The van der Waals surface area contributed by atoms with Crippen LogP contribution in [-0.4, -0.2) is 24.1 Å². The standard InChI is InChI=1S/C19H29NS/c1-2-21-14-6-13-19(15-20-17-10-11-17)12-5-8-16-7-3-4-9-18(16)19/h3-4,7,9,17,20H,2,5-6,8,10-15H2,1H3. The molecule has 1 aromatic carbocycles. The summed E-state index contributed by atoms with van der Waals surface area (Å²) in [7, 11) is 0. The first-order chi connectivity index (χ1) is 10.3. The monoisotopic (exact) mass is 303 g/mol. The van der Waals surface area contributed by atoms with Gasteiger partial charge in [-0.3, -0.25) is 0 Å². The maximum Gasteiger partial charge on any atom is 0.00810 e. The lowest BCUT2D eigenvalue weighted by atomic mass is 9.67. The Morgan fingerprint density at radius 3 is 2.95 bits per heavy atom. The summed E-state index contributed by atoms with van der Waals surface area (Å²) in [4.78, 5) is 0. The molecule has 0 aliphatic heterocycles. The first kappa shape index (κ1) is 15.4. The molecule has 0 aromatic heterocycles. The van der Waals surface area contributed by atoms with Crippen molar-refractivity contribution in [1.29, 1.82) is 0 Å². The van der Waals surface area contributed by atoms with Crippen molar-refractivity contribution >= 4 is 11.8 Å². The molecule has 0 heterocycles. The highest BCUT2D eigenvalue weighted by Crippen LogP contribution is 2.41. The zero-order chi connectivity index (χ0) is 14.5. The molecule has 1 saturated carbocycles. The van der Waals surface area contributed by atoms with E-state index >= 15 is 0 Å². The molecule has 116 valence electrons. The molecule has 1 nitrogen and oxygen atoms in total. The van der Waals surface area contributed by atoms with Crippen molar-refractivity contribution in [3.05, 3.63) is 35.4 Å². The summed E-state index contributed by atoms with van der Waals surface area (Å²) < 4.78 is 0. The van der Waals surface area contributed by atoms with Gasteiger partial charge in [0.2, 0.25) is 0 Å². The van der Waals surface area contributed by atoms with Gasteiger partial charge < -0.3 is 5.32 Å². The number of hydrogen-bond donors (Lipinski definition) is 1. The second-order valence-corrected chi connectivity index (χ2v) is 8.14. The van der Waals surface area contributed by atoms with E-state index in [0.717, 1.165) is 6.04 Å². The van der Waals surface area contributed by atoms with Crippen molar-refractivity contribution in [2.75, 3.05) is 18.1 Å². The van der Waals surface area contributed by atoms with Crippen molar-refractivity contribution in [2.45, 2.75) is 63.3 Å². The van der Waals surface area contributed by atoms with E-state index in [1.165, 1.54) is 63.0 Å². The van der Waals surface area contributed by atoms with Crippen LogP contribution in [0, 0.1) is 0 Å². The third-order valence-electron chi connectivity index (χ3n) is 5.14. The van der Waals surface area contributed by atoms with Gasteiger partial charge in [-0.15, -0.1) is 0 Å². The summed E-state index contributed by atoms with van der Waals surface area (Å²) >= 11 is 2.09. The fourth-order valence-electron chi connectivity index (χ4n) is 3.82. The van der Waals surface area contributed by atoms with Crippen LogP contribution in [-0.2, 0) is 11.8 Å². The van der Waals surface area contributed by atoms with Gasteiger partial charge in [-0.2, -0.15) is 11.8 Å². The third kappa shape index (κ3) is 3.84. The minimum absolute atomic E-state index is 0.408. The second kappa shape index (κ2) is 7.19. The highest BCUT2D eigenvalue weighted by atomic mass is 32.2. The van der Waals surface area contributed by atoms with Crippen LogP contribution < -0.4 is 5.32 Å². The first-order valence-electron chi connectivity index (χ1n) is 8.73. The fourth-order valence-corrected chi connectivity index (χ4v) is 4.46. The van der Waals surface area contributed by atoms with Gasteiger partial charge in [0, 0.05) is 18.0 Å². The Labute approximate surface area is 134 Å². The summed E-state index contributed by atoms with van der Waals surface area (Å²) in [6, 6.07) is 10.1. The zero-order valence-corrected chi connectivity index (χ0v) is 14.2. The van der Waals surface area contributed by atoms with Gasteiger partial charge in [-0.05, 0) is 67.6 Å². The van der Waals surface area contributed by atoms with Crippen molar-refractivity contribution in [2.24, 2.45) is 0 Å². The van der Waals surface area contributed by atoms with E-state index in [1.54, 1.807) is 11.1 Å². The Bertz CT molecular complexity index is 455. The number of fused-ring (bicyclic) bond motifs is 1. The van der Waals surface area contributed by atoms with E-state index < -0.39 is 0 Å². The largest absolute Gasteiger partial charge is 0.313 e. The average Bonchev–Trinajstić information content (AvgIpc) is 3.34. The minimum atomic E-state index is 0.408. The zero-order valence-electron chi connectivity index (χ0n) is 13.4. The van der Waals surface area contributed by atoms with E-state index in [4.69, 9.17) is 0 Å². The van der Waals surface area contributed by atoms with Crippen LogP contribution in [0.5, 0.6) is 0 Å². The molecule has 1 N–H and O–H groups in total. The molecule has 1 aromatic rings. The summed E-state index contributed by atoms with van der Waals surface area (Å²) in [6.07, 6.45) is 9.53. The van der Waals surface area contributed by atoms with E-state index in [0.29, 0.717) is 5.41 Å². The van der Waals surface area contributed by atoms with Crippen molar-refractivity contribution in [1.82, 2.24) is 5.32 Å². The lowest BCUT2D eigenvalue weighted by Gasteiger charge is -2.40. The molecule has 1 fully saturated rings. The lowest BCUT2D eigenvalue weighted by molar-refractivity contribution is 0.313. The maximum atomic E-state index is 3.84. The Kier molecular flexibility index (Phi) is 5.29. The van der Waals surface area contributed by atoms with E-state index in [2.05, 4.69) is 48.3 Å². The number of aryl methyl sites for hydroxylation is 1. The van der Waals surface area contributed by atoms with Gasteiger partial charge in [0.15, 0.2) is 0 Å². The van der Waals surface area contributed by atoms with Gasteiger partial charge in [0.1, 0.15) is 0 Å². The van der Waals surface area contributed by atoms with Gasteiger partial charge in [-0.25, -0.2) is 0 Å². The molecular weight excluding hydrogens is 274 g/mol. The highest BCUT2D eigenvalue weighted by molar-refractivity contribution is 7.99. The van der Waals surface area contributed by atoms with Gasteiger partial charge in [0.05, 0.1) is 0 Å². The Hall–Kier alpha value is -0.470. The molecule has 1 unspecified atom stereocenters. The third-order valence-corrected chi connectivity index (χ3v) is 6.13. The summed E-state index contributed by atoms with van der Waals surface area (Å²) in [5.74, 6) is 2.58. The molecule has 0 bridgehead atoms. The number of rotatable bonds is 8. The predicted molar refractivity (Wildman–Crippen MR) is 94.3 cm³/mol. The number of benzene rings is 1. The Balaban J connectivity index is 1.74. The SMILES string of the molecule is CCSCCCC1(CNC2CC2)CCCc2ccccc21. The van der Waals surface area contributed by atoms with Crippen LogP contribution >= 0.6 is 11.8 Å². The average molecular weight is 304 g/mol. The molecule has 1 atom stereocenters. The molecule has 0 amide bonds. The van der Waals surface area contributed by atoms with Crippen LogP contribution in [0.25, 0.3) is 0 Å². The lowest BCUT2D eigenvalue weighted by Crippen LogP contribution is -2.42. The molecule has 3 rings (SSSR count). The molecule has 0 spiro atoms. The summed E-state index contributed by atoms with van der Waals surface area (Å²) in [5, 5.41) is 3.84.